The minimum absolute atomic E-state index is 0.128. The summed E-state index contributed by atoms with van der Waals surface area (Å²) in [7, 11) is 0. The number of aliphatic hydroxyl groups is 1. The second kappa shape index (κ2) is 34.2. The molecule has 0 aliphatic heterocycles. The summed E-state index contributed by atoms with van der Waals surface area (Å²) in [4.78, 5) is 0. The van der Waals surface area contributed by atoms with E-state index < -0.39 is 0 Å². The minimum atomic E-state index is -0.128. The van der Waals surface area contributed by atoms with E-state index in [-0.39, 0.29) is 6.10 Å². The van der Waals surface area contributed by atoms with E-state index in [1.54, 1.807) is 0 Å². The molecule has 0 aromatic carbocycles. The second-order valence-corrected chi connectivity index (χ2v) is 11.9. The molecule has 1 atom stereocenters. The number of hydrogen-bond donors (Lipinski definition) is 1. The van der Waals surface area contributed by atoms with E-state index in [2.05, 4.69) is 43.4 Å². The monoisotopic (exact) mass is 531 g/mol. The van der Waals surface area contributed by atoms with Crippen molar-refractivity contribution in [1.82, 2.24) is 0 Å². The van der Waals surface area contributed by atoms with Crippen LogP contribution in [0.2, 0.25) is 0 Å². The van der Waals surface area contributed by atoms with Gasteiger partial charge in [-0.15, -0.1) is 0 Å². The van der Waals surface area contributed by atoms with E-state index in [9.17, 15) is 5.11 Å². The van der Waals surface area contributed by atoms with Gasteiger partial charge in [0.2, 0.25) is 0 Å². The normalized spacial score (nSPS) is 13.0. The van der Waals surface area contributed by atoms with Gasteiger partial charge in [0.1, 0.15) is 0 Å². The minimum Gasteiger partial charge on any atom is -0.393 e. The number of hydrogen-bond acceptors (Lipinski definition) is 1. The molecule has 1 nitrogen and oxygen atoms in total. The van der Waals surface area contributed by atoms with Crippen LogP contribution >= 0.6 is 0 Å². The lowest BCUT2D eigenvalue weighted by Gasteiger charge is -2.02. The van der Waals surface area contributed by atoms with Crippen molar-refractivity contribution in [2.75, 3.05) is 0 Å². The molecule has 0 aromatic heterocycles. The molecule has 0 radical (unpaired) electrons. The number of allylic oxidation sites excluding steroid dienone is 6. The molecular weight excluding hydrogens is 460 g/mol. The maximum atomic E-state index is 9.25. The summed E-state index contributed by atoms with van der Waals surface area (Å²) in [5, 5.41) is 9.25. The molecule has 0 heterocycles. The van der Waals surface area contributed by atoms with Crippen molar-refractivity contribution in [2.24, 2.45) is 0 Å². The average molecular weight is 531 g/mol. The third kappa shape index (κ3) is 35.2. The molecule has 0 spiro atoms. The zero-order valence-electron chi connectivity index (χ0n) is 26.3. The van der Waals surface area contributed by atoms with Gasteiger partial charge in [0, 0.05) is 0 Å². The summed E-state index contributed by atoms with van der Waals surface area (Å²) in [6.45, 7) is 4.18. The first-order valence-corrected chi connectivity index (χ1v) is 17.4. The van der Waals surface area contributed by atoms with Gasteiger partial charge in [-0.25, -0.2) is 0 Å². The highest BCUT2D eigenvalue weighted by molar-refractivity contribution is 4.84. The summed E-state index contributed by atoms with van der Waals surface area (Å²) in [6.07, 6.45) is 51.9. The highest BCUT2D eigenvalue weighted by atomic mass is 16.3. The maximum absolute atomic E-state index is 9.25. The summed E-state index contributed by atoms with van der Waals surface area (Å²) in [5.41, 5.74) is 0. The summed E-state index contributed by atoms with van der Waals surface area (Å²) >= 11 is 0. The van der Waals surface area contributed by atoms with Gasteiger partial charge in [-0.2, -0.15) is 0 Å². The molecular formula is C37H70O. The molecule has 0 rings (SSSR count). The first-order chi connectivity index (χ1) is 18.8. The molecule has 1 unspecified atom stereocenters. The van der Waals surface area contributed by atoms with Crippen LogP contribution in [-0.4, -0.2) is 11.2 Å². The Morgan fingerprint density at radius 1 is 0.368 bits per heavy atom. The standard InChI is InChI=1S/C37H70O/c1-3-4-5-6-7-8-9-10-11-12-13-14-15-16-17-18-19-20-21-22-23-24-25-26-27-28-29-30-31-32-33-34-35-36-37(2)38/h16-17,23-24,30-31,37-38H,3-15,18-22,25-29,32-36H2,1-2H3/b17-16+,24-23+,31-30+. The van der Waals surface area contributed by atoms with Crippen LogP contribution in [0.5, 0.6) is 0 Å². The summed E-state index contributed by atoms with van der Waals surface area (Å²) in [6, 6.07) is 0. The zero-order chi connectivity index (χ0) is 27.6. The molecule has 0 aromatic rings. The largest absolute Gasteiger partial charge is 0.393 e. The lowest BCUT2D eigenvalue weighted by atomic mass is 10.0. The molecule has 224 valence electrons. The fraction of sp³-hybridized carbons (Fsp3) is 0.838. The topological polar surface area (TPSA) is 20.2 Å². The quantitative estimate of drug-likeness (QED) is 0.0698. The van der Waals surface area contributed by atoms with Crippen molar-refractivity contribution < 1.29 is 5.11 Å². The van der Waals surface area contributed by atoms with E-state index in [0.717, 1.165) is 12.8 Å². The lowest BCUT2D eigenvalue weighted by Crippen LogP contribution is -1.97. The van der Waals surface area contributed by atoms with Crippen LogP contribution in [0.3, 0.4) is 0 Å². The van der Waals surface area contributed by atoms with Crippen molar-refractivity contribution in [2.45, 2.75) is 200 Å². The molecule has 0 aliphatic carbocycles. The Bertz CT molecular complexity index is 501. The molecule has 0 fully saturated rings. The maximum Gasteiger partial charge on any atom is 0.0512 e. The van der Waals surface area contributed by atoms with Gasteiger partial charge in [-0.3, -0.25) is 0 Å². The first-order valence-electron chi connectivity index (χ1n) is 17.4. The van der Waals surface area contributed by atoms with E-state index >= 15 is 0 Å². The third-order valence-electron chi connectivity index (χ3n) is 7.70. The Morgan fingerprint density at radius 3 is 0.895 bits per heavy atom. The van der Waals surface area contributed by atoms with Crippen LogP contribution in [0, 0.1) is 0 Å². The molecule has 0 bridgehead atoms. The van der Waals surface area contributed by atoms with Crippen LogP contribution in [0.15, 0.2) is 36.5 Å². The Hall–Kier alpha value is -0.820. The highest BCUT2D eigenvalue weighted by Gasteiger charge is 1.95. The van der Waals surface area contributed by atoms with Gasteiger partial charge in [0.25, 0.3) is 0 Å². The van der Waals surface area contributed by atoms with E-state index in [0.29, 0.717) is 0 Å². The second-order valence-electron chi connectivity index (χ2n) is 11.9. The van der Waals surface area contributed by atoms with Crippen LogP contribution < -0.4 is 0 Å². The van der Waals surface area contributed by atoms with Crippen molar-refractivity contribution in [1.29, 1.82) is 0 Å². The first kappa shape index (κ1) is 37.2. The predicted molar refractivity (Wildman–Crippen MR) is 174 cm³/mol. The molecule has 0 saturated heterocycles. The van der Waals surface area contributed by atoms with Gasteiger partial charge in [0.05, 0.1) is 6.10 Å². The Balaban J connectivity index is 3.19. The molecule has 0 saturated carbocycles. The third-order valence-corrected chi connectivity index (χ3v) is 7.70. The Kier molecular flexibility index (Phi) is 33.5. The average Bonchev–Trinajstić information content (AvgIpc) is 2.91. The predicted octanol–water partition coefficient (Wildman–Crippen LogP) is 13.0. The fourth-order valence-corrected chi connectivity index (χ4v) is 5.09. The fourth-order valence-electron chi connectivity index (χ4n) is 5.09. The van der Waals surface area contributed by atoms with Gasteiger partial charge >= 0.3 is 0 Å². The van der Waals surface area contributed by atoms with Crippen molar-refractivity contribution in [3.63, 3.8) is 0 Å². The van der Waals surface area contributed by atoms with E-state index in [4.69, 9.17) is 0 Å². The number of aliphatic hydroxyl groups excluding tert-OH is 1. The Labute approximate surface area is 241 Å². The van der Waals surface area contributed by atoms with Gasteiger partial charge in [-0.05, 0) is 90.4 Å². The Morgan fingerprint density at radius 2 is 0.605 bits per heavy atom. The number of rotatable bonds is 31. The van der Waals surface area contributed by atoms with E-state index in [1.807, 2.05) is 6.92 Å². The molecule has 1 heteroatoms. The van der Waals surface area contributed by atoms with Gasteiger partial charge in [-0.1, -0.05) is 140 Å². The molecule has 0 amide bonds. The van der Waals surface area contributed by atoms with Crippen LogP contribution in [0.1, 0.15) is 194 Å². The van der Waals surface area contributed by atoms with Crippen LogP contribution in [-0.2, 0) is 0 Å². The van der Waals surface area contributed by atoms with Crippen LogP contribution in [0.4, 0.5) is 0 Å². The van der Waals surface area contributed by atoms with Crippen molar-refractivity contribution in [3.05, 3.63) is 36.5 Å². The lowest BCUT2D eigenvalue weighted by molar-refractivity contribution is 0.180. The molecule has 1 N–H and O–H groups in total. The summed E-state index contributed by atoms with van der Waals surface area (Å²) in [5.74, 6) is 0. The molecule has 0 aliphatic rings. The number of unbranched alkanes of at least 4 members (excludes halogenated alkanes) is 23. The van der Waals surface area contributed by atoms with Crippen molar-refractivity contribution >= 4 is 0 Å². The smallest absolute Gasteiger partial charge is 0.0512 e. The molecule has 38 heavy (non-hydrogen) atoms. The SMILES string of the molecule is CCCCCCCCCCCCCC/C=C/CCCCC/C=C/CCCCC/C=C/CCCCCC(C)O. The summed E-state index contributed by atoms with van der Waals surface area (Å²) < 4.78 is 0. The van der Waals surface area contributed by atoms with Crippen molar-refractivity contribution in [3.8, 4) is 0 Å². The highest BCUT2D eigenvalue weighted by Crippen LogP contribution is 2.13. The van der Waals surface area contributed by atoms with Gasteiger partial charge in [0.15, 0.2) is 0 Å². The zero-order valence-corrected chi connectivity index (χ0v) is 26.3. The van der Waals surface area contributed by atoms with Gasteiger partial charge < -0.3 is 5.11 Å². The van der Waals surface area contributed by atoms with Crippen LogP contribution in [0.25, 0.3) is 0 Å². The van der Waals surface area contributed by atoms with E-state index in [1.165, 1.54) is 167 Å².